The third kappa shape index (κ3) is 4.44. The molecule has 0 spiro atoms. The number of aromatic amines is 1. The fourth-order valence-electron chi connectivity index (χ4n) is 4.66. The Hall–Kier alpha value is -2.86. The molecule has 2 fully saturated rings. The lowest BCUT2D eigenvalue weighted by atomic mass is 9.96. The molecule has 162 valence electrons. The van der Waals surface area contributed by atoms with E-state index in [1.54, 1.807) is 0 Å². The van der Waals surface area contributed by atoms with Crippen molar-refractivity contribution in [2.75, 3.05) is 13.1 Å². The Bertz CT molecular complexity index is 1040. The average Bonchev–Trinajstić information content (AvgIpc) is 3.45. The van der Waals surface area contributed by atoms with Crippen molar-refractivity contribution in [3.8, 4) is 0 Å². The summed E-state index contributed by atoms with van der Waals surface area (Å²) in [6.45, 7) is 1.36. The van der Waals surface area contributed by atoms with E-state index in [1.165, 1.54) is 21.4 Å². The Morgan fingerprint density at radius 2 is 1.94 bits per heavy atom. The highest BCUT2D eigenvalue weighted by Gasteiger charge is 2.40. The summed E-state index contributed by atoms with van der Waals surface area (Å²) in [5.74, 6) is 0.753. The summed E-state index contributed by atoms with van der Waals surface area (Å²) >= 11 is 0. The number of piperidine rings is 1. The quantitative estimate of drug-likeness (QED) is 0.553. The van der Waals surface area contributed by atoms with Crippen LogP contribution in [0.1, 0.15) is 36.3 Å². The van der Waals surface area contributed by atoms with Crippen LogP contribution in [-0.4, -0.2) is 41.4 Å². The summed E-state index contributed by atoms with van der Waals surface area (Å²) in [4.78, 5) is 16.9. The zero-order valence-electron chi connectivity index (χ0n) is 17.5. The first-order chi connectivity index (χ1) is 15.2. The summed E-state index contributed by atoms with van der Waals surface area (Å²) in [5, 5.41) is 4.92. The third-order valence-electron chi connectivity index (χ3n) is 6.56. The normalized spacial score (nSPS) is 25.5. The van der Waals surface area contributed by atoms with Crippen molar-refractivity contribution < 1.29 is 13.9 Å². The molecule has 6 heteroatoms. The average molecular weight is 422 g/mol. The minimum Gasteiger partial charge on any atom is -0.444 e. The molecule has 1 aliphatic heterocycles. The van der Waals surface area contributed by atoms with Crippen LogP contribution in [0.3, 0.4) is 0 Å². The van der Waals surface area contributed by atoms with Crippen LogP contribution in [0.25, 0.3) is 10.9 Å². The lowest BCUT2D eigenvalue weighted by molar-refractivity contribution is 0.00934. The van der Waals surface area contributed by atoms with Crippen molar-refractivity contribution in [3.63, 3.8) is 0 Å². The molecule has 2 aliphatic rings. The number of carbonyl (C=O) groups excluding carboxylic acids is 1. The number of rotatable bonds is 6. The van der Waals surface area contributed by atoms with Gasteiger partial charge in [0.05, 0.1) is 0 Å². The van der Waals surface area contributed by atoms with E-state index >= 15 is 0 Å². The van der Waals surface area contributed by atoms with Crippen LogP contribution in [0, 0.1) is 5.92 Å². The van der Waals surface area contributed by atoms with E-state index in [2.05, 4.69) is 34.7 Å². The van der Waals surface area contributed by atoms with Crippen LogP contribution in [0.2, 0.25) is 0 Å². The molecular formula is C25H28FN3O2. The van der Waals surface area contributed by atoms with Crippen molar-refractivity contribution in [1.29, 1.82) is 0 Å². The number of ether oxygens (including phenoxy) is 1. The monoisotopic (exact) mass is 421 g/mol. The molecule has 3 aromatic rings. The predicted octanol–water partition coefficient (Wildman–Crippen LogP) is 4.96. The van der Waals surface area contributed by atoms with Gasteiger partial charge in [0.2, 0.25) is 0 Å². The van der Waals surface area contributed by atoms with Gasteiger partial charge in [-0.25, -0.2) is 9.18 Å². The number of halogens is 1. The number of fused-ring (bicyclic) bond motifs is 1. The number of para-hydroxylation sites is 1. The molecule has 1 amide bonds. The molecule has 5 rings (SSSR count). The Labute approximate surface area is 181 Å². The second-order valence-electron chi connectivity index (χ2n) is 8.70. The van der Waals surface area contributed by atoms with Gasteiger partial charge in [-0.15, -0.1) is 0 Å². The maximum absolute atomic E-state index is 14.7. The second kappa shape index (κ2) is 8.71. The zero-order chi connectivity index (χ0) is 21.2. The van der Waals surface area contributed by atoms with Crippen LogP contribution >= 0.6 is 0 Å². The predicted molar refractivity (Wildman–Crippen MR) is 118 cm³/mol. The molecule has 4 atom stereocenters. The fraction of sp³-hybridized carbons (Fsp3) is 0.400. The molecular weight excluding hydrogens is 393 g/mol. The number of alkyl halides is 1. The van der Waals surface area contributed by atoms with Crippen LogP contribution in [-0.2, 0) is 11.3 Å². The number of amides is 1. The van der Waals surface area contributed by atoms with E-state index in [-0.39, 0.29) is 12.5 Å². The molecule has 31 heavy (non-hydrogen) atoms. The largest absolute Gasteiger partial charge is 0.444 e. The molecule has 2 heterocycles. The highest BCUT2D eigenvalue weighted by atomic mass is 19.1. The minimum absolute atomic E-state index is 0.171. The van der Waals surface area contributed by atoms with E-state index in [0.717, 1.165) is 24.9 Å². The molecule has 2 N–H and O–H groups in total. The zero-order valence-corrected chi connectivity index (χ0v) is 17.5. The Morgan fingerprint density at radius 1 is 1.13 bits per heavy atom. The van der Waals surface area contributed by atoms with Crippen molar-refractivity contribution in [2.45, 2.75) is 44.1 Å². The highest BCUT2D eigenvalue weighted by Crippen LogP contribution is 2.44. The van der Waals surface area contributed by atoms with Crippen molar-refractivity contribution in [3.05, 3.63) is 71.9 Å². The van der Waals surface area contributed by atoms with Crippen molar-refractivity contribution in [2.24, 2.45) is 5.92 Å². The van der Waals surface area contributed by atoms with E-state index in [4.69, 9.17) is 4.74 Å². The van der Waals surface area contributed by atoms with E-state index < -0.39 is 12.4 Å². The van der Waals surface area contributed by atoms with E-state index in [0.29, 0.717) is 24.9 Å². The van der Waals surface area contributed by atoms with Crippen molar-refractivity contribution >= 4 is 17.0 Å². The molecule has 1 aromatic heterocycles. The number of H-pyrrole nitrogens is 1. The number of likely N-dealkylation sites (tertiary alicyclic amines) is 1. The number of hydrogen-bond acceptors (Lipinski definition) is 3. The fourth-order valence-corrected chi connectivity index (χ4v) is 4.66. The molecule has 2 unspecified atom stereocenters. The lowest BCUT2D eigenvalue weighted by Gasteiger charge is -2.34. The van der Waals surface area contributed by atoms with Gasteiger partial charge in [0.25, 0.3) is 0 Å². The molecule has 0 radical (unpaired) electrons. The highest BCUT2D eigenvalue weighted by molar-refractivity contribution is 5.84. The first-order valence-electron chi connectivity index (χ1n) is 11.1. The number of hydrogen-bond donors (Lipinski definition) is 2. The molecule has 2 aromatic carbocycles. The maximum atomic E-state index is 14.7. The number of nitrogens with zero attached hydrogens (tertiary/aromatic N) is 1. The Kier molecular flexibility index (Phi) is 5.64. The van der Waals surface area contributed by atoms with Gasteiger partial charge in [0.15, 0.2) is 6.30 Å². The number of benzene rings is 2. The SMILES string of the molecule is O=C(OCc1ccccc1)N1CCC(CN[C@@H]2C[C@H]2c2c[nH]c3ccccc23)CC1F. The van der Waals surface area contributed by atoms with Gasteiger partial charge < -0.3 is 15.0 Å². The van der Waals surface area contributed by atoms with Crippen LogP contribution in [0.15, 0.2) is 60.8 Å². The number of nitrogens with one attached hydrogen (secondary N) is 2. The lowest BCUT2D eigenvalue weighted by Crippen LogP contribution is -2.46. The Balaban J connectivity index is 1.07. The summed E-state index contributed by atoms with van der Waals surface area (Å²) < 4.78 is 20.0. The van der Waals surface area contributed by atoms with Crippen LogP contribution in [0.5, 0.6) is 0 Å². The molecule has 1 aliphatic carbocycles. The first-order valence-corrected chi connectivity index (χ1v) is 11.1. The smallest absolute Gasteiger partial charge is 0.412 e. The van der Waals surface area contributed by atoms with Crippen LogP contribution in [0.4, 0.5) is 9.18 Å². The summed E-state index contributed by atoms with van der Waals surface area (Å²) in [6.07, 6.45) is 2.53. The number of aromatic nitrogens is 1. The topological polar surface area (TPSA) is 57.4 Å². The van der Waals surface area contributed by atoms with Crippen LogP contribution < -0.4 is 5.32 Å². The van der Waals surface area contributed by atoms with Gasteiger partial charge >= 0.3 is 6.09 Å². The second-order valence-corrected chi connectivity index (χ2v) is 8.70. The summed E-state index contributed by atoms with van der Waals surface area (Å²) in [6, 6.07) is 18.3. The summed E-state index contributed by atoms with van der Waals surface area (Å²) in [7, 11) is 0. The standard InChI is InChI=1S/C25H28FN3O2/c26-24-12-18(10-11-29(24)25(30)31-16-17-6-2-1-3-7-17)14-27-23-13-20(23)21-15-28-22-9-5-4-8-19(21)22/h1-9,15,18,20,23-24,27-28H,10-14,16H2/t18?,20-,23+,24?/m0/s1. The van der Waals surface area contributed by atoms with Gasteiger partial charge in [-0.1, -0.05) is 48.5 Å². The van der Waals surface area contributed by atoms with Gasteiger partial charge in [-0.05, 0) is 42.5 Å². The summed E-state index contributed by atoms with van der Waals surface area (Å²) in [5.41, 5.74) is 3.45. The number of carbonyl (C=O) groups is 1. The van der Waals surface area contributed by atoms with Crippen molar-refractivity contribution in [1.82, 2.24) is 15.2 Å². The van der Waals surface area contributed by atoms with E-state index in [9.17, 15) is 9.18 Å². The maximum Gasteiger partial charge on any atom is 0.412 e. The van der Waals surface area contributed by atoms with Gasteiger partial charge in [-0.3, -0.25) is 4.90 Å². The third-order valence-corrected chi connectivity index (χ3v) is 6.56. The van der Waals surface area contributed by atoms with Gasteiger partial charge in [0, 0.05) is 42.0 Å². The first kappa shape index (κ1) is 20.1. The van der Waals surface area contributed by atoms with Gasteiger partial charge in [-0.2, -0.15) is 0 Å². The molecule has 0 bridgehead atoms. The van der Waals surface area contributed by atoms with Gasteiger partial charge in [0.1, 0.15) is 6.61 Å². The Morgan fingerprint density at radius 3 is 2.77 bits per heavy atom. The van der Waals surface area contributed by atoms with E-state index in [1.807, 2.05) is 36.4 Å². The molecule has 1 saturated carbocycles. The molecule has 1 saturated heterocycles. The molecule has 5 nitrogen and oxygen atoms in total. The minimum atomic E-state index is -1.28.